The zero-order valence-corrected chi connectivity index (χ0v) is 9.84. The standard InChI is InChI=1S/C15H22/c1-2-3-9-6-12-8-13(9)15-11-5-4-10(7-11)14(12)15/h9-12,14H,2-8H2,1H3. The zero-order chi connectivity index (χ0) is 9.99. The quantitative estimate of drug-likeness (QED) is 0.590. The van der Waals surface area contributed by atoms with Crippen molar-refractivity contribution in [3.8, 4) is 0 Å². The smallest absolute Gasteiger partial charge is 0.0137 e. The van der Waals surface area contributed by atoms with Gasteiger partial charge in [-0.1, -0.05) is 24.5 Å². The summed E-state index contributed by atoms with van der Waals surface area (Å²) >= 11 is 0. The van der Waals surface area contributed by atoms with Crippen LogP contribution < -0.4 is 0 Å². The second kappa shape index (κ2) is 2.90. The van der Waals surface area contributed by atoms with Crippen LogP contribution >= 0.6 is 0 Å². The van der Waals surface area contributed by atoms with Crippen LogP contribution in [-0.2, 0) is 0 Å². The predicted octanol–water partition coefficient (Wildman–Crippen LogP) is 4.17. The van der Waals surface area contributed by atoms with Gasteiger partial charge in [-0.25, -0.2) is 0 Å². The van der Waals surface area contributed by atoms with E-state index in [0.29, 0.717) is 0 Å². The summed E-state index contributed by atoms with van der Waals surface area (Å²) in [5.41, 5.74) is 4.01. The molecule has 5 unspecified atom stereocenters. The van der Waals surface area contributed by atoms with Crippen molar-refractivity contribution in [3.05, 3.63) is 11.1 Å². The molecule has 15 heavy (non-hydrogen) atoms. The van der Waals surface area contributed by atoms with E-state index in [2.05, 4.69) is 6.92 Å². The van der Waals surface area contributed by atoms with Gasteiger partial charge in [0.1, 0.15) is 0 Å². The van der Waals surface area contributed by atoms with Crippen molar-refractivity contribution in [1.82, 2.24) is 0 Å². The molecule has 82 valence electrons. The Morgan fingerprint density at radius 1 is 1.13 bits per heavy atom. The largest absolute Gasteiger partial charge is 0.0670 e. The van der Waals surface area contributed by atoms with E-state index in [1.54, 1.807) is 25.7 Å². The van der Waals surface area contributed by atoms with Crippen LogP contribution in [0.4, 0.5) is 0 Å². The minimum absolute atomic E-state index is 1.03. The fraction of sp³-hybridized carbons (Fsp3) is 0.867. The minimum Gasteiger partial charge on any atom is -0.0670 e. The Balaban J connectivity index is 1.72. The van der Waals surface area contributed by atoms with E-state index >= 15 is 0 Å². The predicted molar refractivity (Wildman–Crippen MR) is 62.5 cm³/mol. The molecule has 4 aliphatic rings. The lowest BCUT2D eigenvalue weighted by Crippen LogP contribution is -2.22. The summed E-state index contributed by atoms with van der Waals surface area (Å²) in [4.78, 5) is 0. The van der Waals surface area contributed by atoms with Crippen molar-refractivity contribution in [2.45, 2.75) is 51.9 Å². The van der Waals surface area contributed by atoms with Crippen molar-refractivity contribution >= 4 is 0 Å². The lowest BCUT2D eigenvalue weighted by atomic mass is 9.73. The molecular formula is C15H22. The molecule has 0 heterocycles. The fourth-order valence-electron chi connectivity index (χ4n) is 5.57. The van der Waals surface area contributed by atoms with Crippen LogP contribution in [0.3, 0.4) is 0 Å². The average Bonchev–Trinajstić information content (AvgIpc) is 2.95. The highest BCUT2D eigenvalue weighted by molar-refractivity contribution is 5.38. The van der Waals surface area contributed by atoms with E-state index in [1.807, 2.05) is 11.1 Å². The highest BCUT2D eigenvalue weighted by Crippen LogP contribution is 2.66. The highest BCUT2D eigenvalue weighted by atomic mass is 14.6. The van der Waals surface area contributed by atoms with Gasteiger partial charge in [0.2, 0.25) is 0 Å². The maximum absolute atomic E-state index is 2.36. The summed E-state index contributed by atoms with van der Waals surface area (Å²) < 4.78 is 0. The second-order valence-electron chi connectivity index (χ2n) is 6.46. The minimum atomic E-state index is 1.03. The van der Waals surface area contributed by atoms with Crippen molar-refractivity contribution < 1.29 is 0 Å². The van der Waals surface area contributed by atoms with E-state index in [1.165, 1.54) is 19.3 Å². The number of fused-ring (bicyclic) bond motifs is 8. The molecule has 0 saturated heterocycles. The third-order valence-electron chi connectivity index (χ3n) is 5.86. The van der Waals surface area contributed by atoms with Crippen LogP contribution in [0.5, 0.6) is 0 Å². The summed E-state index contributed by atoms with van der Waals surface area (Å²) in [5.74, 6) is 5.45. The van der Waals surface area contributed by atoms with E-state index in [0.717, 1.165) is 29.6 Å². The van der Waals surface area contributed by atoms with E-state index < -0.39 is 0 Å². The highest BCUT2D eigenvalue weighted by Gasteiger charge is 2.55. The average molecular weight is 202 g/mol. The van der Waals surface area contributed by atoms with Gasteiger partial charge in [-0.05, 0) is 68.1 Å². The summed E-state index contributed by atoms with van der Waals surface area (Å²) in [6.45, 7) is 2.36. The van der Waals surface area contributed by atoms with Gasteiger partial charge >= 0.3 is 0 Å². The molecule has 3 fully saturated rings. The van der Waals surface area contributed by atoms with Crippen molar-refractivity contribution in [3.63, 3.8) is 0 Å². The van der Waals surface area contributed by atoms with Crippen LogP contribution in [0.25, 0.3) is 0 Å². The molecule has 0 N–H and O–H groups in total. The van der Waals surface area contributed by atoms with Crippen LogP contribution in [0, 0.1) is 29.6 Å². The third-order valence-corrected chi connectivity index (χ3v) is 5.86. The van der Waals surface area contributed by atoms with Gasteiger partial charge in [0.15, 0.2) is 0 Å². The number of hydrogen-bond donors (Lipinski definition) is 0. The lowest BCUT2D eigenvalue weighted by Gasteiger charge is -2.31. The first-order chi connectivity index (χ1) is 7.38. The topological polar surface area (TPSA) is 0 Å². The first kappa shape index (κ1) is 8.84. The van der Waals surface area contributed by atoms with Crippen molar-refractivity contribution in [1.29, 1.82) is 0 Å². The van der Waals surface area contributed by atoms with Gasteiger partial charge < -0.3 is 0 Å². The molecule has 0 aromatic rings. The van der Waals surface area contributed by atoms with Gasteiger partial charge in [-0.15, -0.1) is 0 Å². The molecular weight excluding hydrogens is 180 g/mol. The Labute approximate surface area is 93.1 Å². The van der Waals surface area contributed by atoms with Gasteiger partial charge in [-0.3, -0.25) is 0 Å². The molecule has 0 aromatic carbocycles. The third kappa shape index (κ3) is 0.990. The molecule has 0 aliphatic heterocycles. The molecule has 3 saturated carbocycles. The van der Waals surface area contributed by atoms with E-state index in [4.69, 9.17) is 0 Å². The number of hydrogen-bond acceptors (Lipinski definition) is 0. The molecule has 0 heteroatoms. The van der Waals surface area contributed by atoms with E-state index in [-0.39, 0.29) is 0 Å². The Morgan fingerprint density at radius 3 is 2.93 bits per heavy atom. The van der Waals surface area contributed by atoms with Gasteiger partial charge in [0.05, 0.1) is 0 Å². The molecule has 0 aromatic heterocycles. The number of allylic oxidation sites excluding steroid dienone is 2. The molecule has 0 radical (unpaired) electrons. The Kier molecular flexibility index (Phi) is 1.71. The molecule has 4 bridgehead atoms. The van der Waals surface area contributed by atoms with Crippen LogP contribution in [-0.4, -0.2) is 0 Å². The number of rotatable bonds is 2. The maximum atomic E-state index is 2.36. The Bertz CT molecular complexity index is 325. The van der Waals surface area contributed by atoms with E-state index in [9.17, 15) is 0 Å². The lowest BCUT2D eigenvalue weighted by molar-refractivity contribution is 0.276. The molecule has 4 rings (SSSR count). The first-order valence-corrected chi connectivity index (χ1v) is 7.11. The summed E-state index contributed by atoms with van der Waals surface area (Å²) in [6, 6.07) is 0. The normalized spacial score (nSPS) is 50.6. The maximum Gasteiger partial charge on any atom is -0.0137 e. The fourth-order valence-corrected chi connectivity index (χ4v) is 5.57. The van der Waals surface area contributed by atoms with Gasteiger partial charge in [0, 0.05) is 0 Å². The van der Waals surface area contributed by atoms with Crippen molar-refractivity contribution in [2.24, 2.45) is 29.6 Å². The Morgan fingerprint density at radius 2 is 2.07 bits per heavy atom. The Hall–Kier alpha value is -0.260. The van der Waals surface area contributed by atoms with Crippen LogP contribution in [0.15, 0.2) is 11.1 Å². The van der Waals surface area contributed by atoms with Crippen molar-refractivity contribution in [2.75, 3.05) is 0 Å². The molecule has 4 aliphatic carbocycles. The monoisotopic (exact) mass is 202 g/mol. The summed E-state index contributed by atoms with van der Waals surface area (Å²) in [7, 11) is 0. The molecule has 5 atom stereocenters. The zero-order valence-electron chi connectivity index (χ0n) is 9.84. The van der Waals surface area contributed by atoms with Crippen LogP contribution in [0.1, 0.15) is 51.9 Å². The SMILES string of the molecule is CCCC1CC2CC1=C1C3CCC(C3)C12. The molecule has 0 spiro atoms. The van der Waals surface area contributed by atoms with Crippen LogP contribution in [0.2, 0.25) is 0 Å². The molecule has 0 amide bonds. The second-order valence-corrected chi connectivity index (χ2v) is 6.46. The van der Waals surface area contributed by atoms with Gasteiger partial charge in [-0.2, -0.15) is 0 Å². The summed E-state index contributed by atoms with van der Waals surface area (Å²) in [6.07, 6.45) is 10.7. The summed E-state index contributed by atoms with van der Waals surface area (Å²) in [5, 5.41) is 0. The molecule has 0 nitrogen and oxygen atoms in total. The van der Waals surface area contributed by atoms with Gasteiger partial charge in [0.25, 0.3) is 0 Å². The first-order valence-electron chi connectivity index (χ1n) is 7.11.